The van der Waals surface area contributed by atoms with Gasteiger partial charge in [0.1, 0.15) is 5.82 Å². The molecule has 1 unspecified atom stereocenters. The summed E-state index contributed by atoms with van der Waals surface area (Å²) in [6, 6.07) is 0.253. The molecule has 0 fully saturated rings. The van der Waals surface area contributed by atoms with Crippen molar-refractivity contribution in [3.63, 3.8) is 0 Å². The van der Waals surface area contributed by atoms with Crippen LogP contribution in [0.15, 0.2) is 6.20 Å². The molecule has 3 N–H and O–H groups in total. The molecule has 5 nitrogen and oxygen atoms in total. The Bertz CT molecular complexity index is 330. The van der Waals surface area contributed by atoms with E-state index in [0.717, 1.165) is 24.2 Å². The summed E-state index contributed by atoms with van der Waals surface area (Å²) >= 11 is 0. The molecule has 90 valence electrons. The van der Waals surface area contributed by atoms with Crippen molar-refractivity contribution in [2.75, 3.05) is 24.3 Å². The van der Waals surface area contributed by atoms with E-state index in [-0.39, 0.29) is 12.6 Å². The van der Waals surface area contributed by atoms with Crippen molar-refractivity contribution in [2.45, 2.75) is 32.7 Å². The Morgan fingerprint density at radius 2 is 2.25 bits per heavy atom. The van der Waals surface area contributed by atoms with Crippen molar-refractivity contribution in [3.05, 3.63) is 11.8 Å². The van der Waals surface area contributed by atoms with Crippen LogP contribution in [-0.4, -0.2) is 34.8 Å². The first-order chi connectivity index (χ1) is 7.71. The fraction of sp³-hybridized carbons (Fsp3) is 0.636. The van der Waals surface area contributed by atoms with Gasteiger partial charge in [0, 0.05) is 31.5 Å². The zero-order valence-electron chi connectivity index (χ0n) is 10.1. The lowest BCUT2D eigenvalue weighted by Crippen LogP contribution is -2.21. The van der Waals surface area contributed by atoms with Gasteiger partial charge < -0.3 is 15.7 Å². The predicted molar refractivity (Wildman–Crippen MR) is 65.7 cm³/mol. The van der Waals surface area contributed by atoms with Gasteiger partial charge in [-0.15, -0.1) is 0 Å². The van der Waals surface area contributed by atoms with Crippen LogP contribution in [-0.2, 0) is 0 Å². The fourth-order valence-corrected chi connectivity index (χ4v) is 1.44. The van der Waals surface area contributed by atoms with E-state index >= 15 is 0 Å². The number of aliphatic hydroxyl groups is 1. The lowest BCUT2D eigenvalue weighted by atomic mass is 10.1. The van der Waals surface area contributed by atoms with Crippen LogP contribution in [0.25, 0.3) is 0 Å². The largest absolute Gasteiger partial charge is 0.396 e. The Morgan fingerprint density at radius 1 is 1.50 bits per heavy atom. The maximum atomic E-state index is 8.93. The SMILES string of the molecule is CCC(CCO)Nc1nc(NC)ncc1C. The molecule has 1 aromatic heterocycles. The molecule has 0 bridgehead atoms. The van der Waals surface area contributed by atoms with Gasteiger partial charge in [-0.05, 0) is 19.8 Å². The fourth-order valence-electron chi connectivity index (χ4n) is 1.44. The zero-order valence-corrected chi connectivity index (χ0v) is 10.1. The maximum Gasteiger partial charge on any atom is 0.224 e. The summed E-state index contributed by atoms with van der Waals surface area (Å²) < 4.78 is 0. The molecule has 16 heavy (non-hydrogen) atoms. The minimum atomic E-state index is 0.189. The predicted octanol–water partition coefficient (Wildman–Crippen LogP) is 1.40. The third kappa shape index (κ3) is 3.34. The summed E-state index contributed by atoms with van der Waals surface area (Å²) in [7, 11) is 1.79. The molecule has 0 aromatic carbocycles. The molecule has 0 amide bonds. The summed E-state index contributed by atoms with van der Waals surface area (Å²) in [4.78, 5) is 8.47. The summed E-state index contributed by atoms with van der Waals surface area (Å²) in [5, 5.41) is 15.2. The number of anilines is 2. The number of rotatable bonds is 6. The molecule has 0 aliphatic rings. The van der Waals surface area contributed by atoms with Crippen LogP contribution in [0.5, 0.6) is 0 Å². The van der Waals surface area contributed by atoms with Gasteiger partial charge in [-0.25, -0.2) is 4.98 Å². The second-order valence-corrected chi connectivity index (χ2v) is 3.74. The summed E-state index contributed by atoms with van der Waals surface area (Å²) in [6.45, 7) is 4.24. The van der Waals surface area contributed by atoms with Crippen LogP contribution in [0.4, 0.5) is 11.8 Å². The van der Waals surface area contributed by atoms with Crippen LogP contribution in [0.2, 0.25) is 0 Å². The Labute approximate surface area is 96.3 Å². The molecule has 5 heteroatoms. The average molecular weight is 224 g/mol. The van der Waals surface area contributed by atoms with E-state index < -0.39 is 0 Å². The van der Waals surface area contributed by atoms with E-state index in [1.165, 1.54) is 0 Å². The van der Waals surface area contributed by atoms with Crippen LogP contribution >= 0.6 is 0 Å². The molecular formula is C11H20N4O. The third-order valence-corrected chi connectivity index (χ3v) is 2.51. The second kappa shape index (κ2) is 6.27. The molecule has 0 saturated heterocycles. The lowest BCUT2D eigenvalue weighted by Gasteiger charge is -2.18. The molecule has 1 rings (SSSR count). The number of hydrogen-bond donors (Lipinski definition) is 3. The van der Waals surface area contributed by atoms with Gasteiger partial charge >= 0.3 is 0 Å². The highest BCUT2D eigenvalue weighted by Crippen LogP contribution is 2.15. The van der Waals surface area contributed by atoms with E-state index in [1.54, 1.807) is 13.2 Å². The van der Waals surface area contributed by atoms with Crippen molar-refractivity contribution in [2.24, 2.45) is 0 Å². The number of aryl methyl sites for hydroxylation is 1. The molecule has 0 radical (unpaired) electrons. The first-order valence-corrected chi connectivity index (χ1v) is 5.60. The van der Waals surface area contributed by atoms with Gasteiger partial charge in [0.15, 0.2) is 0 Å². The number of aliphatic hydroxyl groups excluding tert-OH is 1. The summed E-state index contributed by atoms with van der Waals surface area (Å²) in [5.74, 6) is 1.44. The van der Waals surface area contributed by atoms with Crippen LogP contribution < -0.4 is 10.6 Å². The van der Waals surface area contributed by atoms with Crippen LogP contribution in [0.3, 0.4) is 0 Å². The molecular weight excluding hydrogens is 204 g/mol. The van der Waals surface area contributed by atoms with E-state index in [1.807, 2.05) is 6.92 Å². The van der Waals surface area contributed by atoms with Crippen molar-refractivity contribution in [3.8, 4) is 0 Å². The zero-order chi connectivity index (χ0) is 12.0. The highest BCUT2D eigenvalue weighted by Gasteiger charge is 2.09. The molecule has 0 spiro atoms. The van der Waals surface area contributed by atoms with Crippen molar-refractivity contribution < 1.29 is 5.11 Å². The molecule has 1 atom stereocenters. The lowest BCUT2D eigenvalue weighted by molar-refractivity contribution is 0.278. The Kier molecular flexibility index (Phi) is 4.98. The first kappa shape index (κ1) is 12.7. The quantitative estimate of drug-likeness (QED) is 0.681. The van der Waals surface area contributed by atoms with Crippen molar-refractivity contribution in [1.29, 1.82) is 0 Å². The summed E-state index contributed by atoms with van der Waals surface area (Å²) in [5.41, 5.74) is 1.01. The topological polar surface area (TPSA) is 70.1 Å². The smallest absolute Gasteiger partial charge is 0.224 e. The molecule has 0 saturated carbocycles. The van der Waals surface area contributed by atoms with Crippen molar-refractivity contribution in [1.82, 2.24) is 9.97 Å². The highest BCUT2D eigenvalue weighted by molar-refractivity contribution is 5.46. The van der Waals surface area contributed by atoms with Crippen LogP contribution in [0.1, 0.15) is 25.3 Å². The van der Waals surface area contributed by atoms with Gasteiger partial charge in [0.2, 0.25) is 5.95 Å². The molecule has 0 aliphatic heterocycles. The molecule has 1 aromatic rings. The highest BCUT2D eigenvalue weighted by atomic mass is 16.3. The number of nitrogens with one attached hydrogen (secondary N) is 2. The van der Waals surface area contributed by atoms with Gasteiger partial charge in [-0.2, -0.15) is 4.98 Å². The number of hydrogen-bond acceptors (Lipinski definition) is 5. The Hall–Kier alpha value is -1.36. The number of aromatic nitrogens is 2. The summed E-state index contributed by atoms with van der Waals surface area (Å²) in [6.07, 6.45) is 3.47. The number of nitrogens with zero attached hydrogens (tertiary/aromatic N) is 2. The Balaban J connectivity index is 2.77. The van der Waals surface area contributed by atoms with E-state index in [0.29, 0.717) is 5.95 Å². The Morgan fingerprint density at radius 3 is 2.81 bits per heavy atom. The maximum absolute atomic E-state index is 8.93. The van der Waals surface area contributed by atoms with Crippen molar-refractivity contribution >= 4 is 11.8 Å². The normalized spacial score (nSPS) is 12.2. The van der Waals surface area contributed by atoms with Gasteiger partial charge in [-0.1, -0.05) is 6.92 Å². The standard InChI is InChI=1S/C11H20N4O/c1-4-9(5-6-16)14-10-8(2)7-13-11(12-3)15-10/h7,9,16H,4-6H2,1-3H3,(H2,12,13,14,15). The molecule has 1 heterocycles. The van der Waals surface area contributed by atoms with Crippen LogP contribution in [0, 0.1) is 6.92 Å². The average Bonchev–Trinajstić information content (AvgIpc) is 2.31. The third-order valence-electron chi connectivity index (χ3n) is 2.51. The first-order valence-electron chi connectivity index (χ1n) is 5.60. The van der Waals surface area contributed by atoms with E-state index in [9.17, 15) is 0 Å². The molecule has 0 aliphatic carbocycles. The monoisotopic (exact) mass is 224 g/mol. The minimum absolute atomic E-state index is 0.189. The van der Waals surface area contributed by atoms with Gasteiger partial charge in [-0.3, -0.25) is 0 Å². The van der Waals surface area contributed by atoms with E-state index in [2.05, 4.69) is 27.5 Å². The minimum Gasteiger partial charge on any atom is -0.396 e. The van der Waals surface area contributed by atoms with Gasteiger partial charge in [0.05, 0.1) is 0 Å². The van der Waals surface area contributed by atoms with Gasteiger partial charge in [0.25, 0.3) is 0 Å². The van der Waals surface area contributed by atoms with E-state index in [4.69, 9.17) is 5.11 Å². The second-order valence-electron chi connectivity index (χ2n) is 3.74.